The van der Waals surface area contributed by atoms with Crippen molar-refractivity contribution >= 4 is 40.7 Å². The summed E-state index contributed by atoms with van der Waals surface area (Å²) in [7, 11) is 0. The highest BCUT2D eigenvalue weighted by molar-refractivity contribution is 7.08. The van der Waals surface area contributed by atoms with Crippen molar-refractivity contribution in [1.82, 2.24) is 10.6 Å². The molecule has 2 N–H and O–H groups in total. The fourth-order valence-corrected chi connectivity index (χ4v) is 2.72. The number of nitrogens with one attached hydrogen (secondary N) is 2. The van der Waals surface area contributed by atoms with Gasteiger partial charge in [-0.3, -0.25) is 14.4 Å². The smallest absolute Gasteiger partial charge is 0.308 e. The van der Waals surface area contributed by atoms with Gasteiger partial charge in [-0.15, -0.1) is 0 Å². The zero-order valence-corrected chi connectivity index (χ0v) is 14.9. The molecular formula is C17H17ClN2O4S. The van der Waals surface area contributed by atoms with Crippen LogP contribution in [-0.2, 0) is 20.9 Å². The molecule has 132 valence electrons. The zero-order valence-electron chi connectivity index (χ0n) is 13.3. The number of carbonyl (C=O) groups excluding carboxylic acids is 3. The monoisotopic (exact) mass is 380 g/mol. The minimum absolute atomic E-state index is 0.00628. The van der Waals surface area contributed by atoms with E-state index >= 15 is 0 Å². The molecule has 6 nitrogen and oxygen atoms in total. The molecule has 2 amide bonds. The number of thiophene rings is 1. The summed E-state index contributed by atoms with van der Waals surface area (Å²) in [5.74, 6) is -1.22. The predicted octanol–water partition coefficient (Wildman–Crippen LogP) is 2.38. The molecule has 1 aromatic carbocycles. The minimum Gasteiger partial charge on any atom is -0.456 e. The van der Waals surface area contributed by atoms with Crippen LogP contribution in [0.5, 0.6) is 0 Å². The van der Waals surface area contributed by atoms with Crippen LogP contribution in [0.25, 0.3) is 0 Å². The summed E-state index contributed by atoms with van der Waals surface area (Å²) in [5.41, 5.74) is 1.33. The molecule has 0 aliphatic carbocycles. The fourth-order valence-electron chi connectivity index (χ4n) is 1.88. The van der Waals surface area contributed by atoms with Crippen LogP contribution in [0.1, 0.15) is 22.3 Å². The Balaban J connectivity index is 1.60. The third-order valence-corrected chi connectivity index (χ3v) is 4.25. The van der Waals surface area contributed by atoms with Crippen LogP contribution >= 0.6 is 22.9 Å². The lowest BCUT2D eigenvalue weighted by Gasteiger charge is -2.08. The standard InChI is InChI=1S/C17H17ClN2O4S/c18-14-4-2-1-3-12(14)9-20-15(21)10-24-16(22)5-7-19-17(23)13-6-8-25-11-13/h1-4,6,8,11H,5,7,9-10H2,(H,19,23)(H,20,21). The molecule has 1 aromatic heterocycles. The van der Waals surface area contributed by atoms with Crippen LogP contribution in [-0.4, -0.2) is 30.9 Å². The fraction of sp³-hybridized carbons (Fsp3) is 0.235. The minimum atomic E-state index is -0.557. The first-order valence-corrected chi connectivity index (χ1v) is 8.84. The molecule has 2 rings (SSSR count). The number of amides is 2. The highest BCUT2D eigenvalue weighted by Gasteiger charge is 2.10. The van der Waals surface area contributed by atoms with Crippen LogP contribution in [0.2, 0.25) is 5.02 Å². The zero-order chi connectivity index (χ0) is 18.1. The Kier molecular flexibility index (Phi) is 7.43. The normalized spacial score (nSPS) is 10.1. The molecule has 0 aliphatic heterocycles. The van der Waals surface area contributed by atoms with E-state index in [9.17, 15) is 14.4 Å². The molecule has 8 heteroatoms. The van der Waals surface area contributed by atoms with Gasteiger partial charge in [0, 0.05) is 29.1 Å². The van der Waals surface area contributed by atoms with E-state index in [1.807, 2.05) is 6.07 Å². The van der Waals surface area contributed by atoms with Crippen molar-refractivity contribution in [3.05, 3.63) is 57.2 Å². The Labute approximate surface area is 154 Å². The summed E-state index contributed by atoms with van der Waals surface area (Å²) in [5, 5.41) is 9.30. The Morgan fingerprint density at radius 3 is 2.64 bits per heavy atom. The lowest BCUT2D eigenvalue weighted by molar-refractivity contribution is -0.148. The Morgan fingerprint density at radius 2 is 1.92 bits per heavy atom. The van der Waals surface area contributed by atoms with Crippen molar-refractivity contribution in [2.45, 2.75) is 13.0 Å². The third kappa shape index (κ3) is 6.56. The highest BCUT2D eigenvalue weighted by atomic mass is 35.5. The lowest BCUT2D eigenvalue weighted by atomic mass is 10.2. The van der Waals surface area contributed by atoms with E-state index in [4.69, 9.17) is 16.3 Å². The van der Waals surface area contributed by atoms with Gasteiger partial charge in [0.15, 0.2) is 6.61 Å². The van der Waals surface area contributed by atoms with Gasteiger partial charge < -0.3 is 15.4 Å². The van der Waals surface area contributed by atoms with Gasteiger partial charge in [-0.25, -0.2) is 0 Å². The maximum atomic E-state index is 11.7. The molecule has 0 spiro atoms. The molecule has 0 unspecified atom stereocenters. The average molecular weight is 381 g/mol. The molecule has 0 aliphatic rings. The number of ether oxygens (including phenoxy) is 1. The van der Waals surface area contributed by atoms with Crippen molar-refractivity contribution < 1.29 is 19.1 Å². The topological polar surface area (TPSA) is 84.5 Å². The summed E-state index contributed by atoms with van der Waals surface area (Å²) in [4.78, 5) is 34.9. The first kappa shape index (κ1) is 19.0. The number of carbonyl (C=O) groups is 3. The van der Waals surface area contributed by atoms with Gasteiger partial charge in [0.05, 0.1) is 6.42 Å². The van der Waals surface area contributed by atoms with Crippen LogP contribution in [0.3, 0.4) is 0 Å². The van der Waals surface area contributed by atoms with Gasteiger partial charge in [0.25, 0.3) is 11.8 Å². The van der Waals surface area contributed by atoms with E-state index in [0.29, 0.717) is 10.6 Å². The molecule has 0 bridgehead atoms. The molecule has 2 aromatic rings. The van der Waals surface area contributed by atoms with Gasteiger partial charge in [-0.05, 0) is 23.1 Å². The first-order valence-electron chi connectivity index (χ1n) is 7.52. The molecule has 0 atom stereocenters. The van der Waals surface area contributed by atoms with Gasteiger partial charge >= 0.3 is 5.97 Å². The SMILES string of the molecule is O=C(COC(=O)CCNC(=O)c1ccsc1)NCc1ccccc1Cl. The largest absolute Gasteiger partial charge is 0.456 e. The molecule has 0 saturated carbocycles. The Bertz CT molecular complexity index is 734. The average Bonchev–Trinajstić information content (AvgIpc) is 3.14. The van der Waals surface area contributed by atoms with E-state index in [1.165, 1.54) is 11.3 Å². The number of esters is 1. The number of hydrogen-bond donors (Lipinski definition) is 2. The molecule has 1 heterocycles. The Morgan fingerprint density at radius 1 is 1.12 bits per heavy atom. The summed E-state index contributed by atoms with van der Waals surface area (Å²) >= 11 is 7.40. The number of benzene rings is 1. The second-order valence-corrected chi connectivity index (χ2v) is 6.23. The van der Waals surface area contributed by atoms with E-state index < -0.39 is 11.9 Å². The van der Waals surface area contributed by atoms with Crippen molar-refractivity contribution in [3.63, 3.8) is 0 Å². The van der Waals surface area contributed by atoms with Gasteiger partial charge in [-0.2, -0.15) is 11.3 Å². The summed E-state index contributed by atoms with van der Waals surface area (Å²) in [6, 6.07) is 8.84. The maximum Gasteiger partial charge on any atom is 0.308 e. The van der Waals surface area contributed by atoms with E-state index in [-0.39, 0.29) is 32.0 Å². The molecule has 0 radical (unpaired) electrons. The number of rotatable bonds is 8. The van der Waals surface area contributed by atoms with Crippen molar-refractivity contribution in [2.24, 2.45) is 0 Å². The predicted molar refractivity (Wildman–Crippen MR) is 95.5 cm³/mol. The third-order valence-electron chi connectivity index (χ3n) is 3.20. The number of hydrogen-bond acceptors (Lipinski definition) is 5. The molecule has 25 heavy (non-hydrogen) atoms. The van der Waals surface area contributed by atoms with Crippen LogP contribution in [0, 0.1) is 0 Å². The highest BCUT2D eigenvalue weighted by Crippen LogP contribution is 2.14. The van der Waals surface area contributed by atoms with Crippen LogP contribution in [0.4, 0.5) is 0 Å². The van der Waals surface area contributed by atoms with E-state index in [0.717, 1.165) is 5.56 Å². The lowest BCUT2D eigenvalue weighted by Crippen LogP contribution is -2.30. The molecule has 0 saturated heterocycles. The summed E-state index contributed by atoms with van der Waals surface area (Å²) in [6.45, 7) is 0.0310. The van der Waals surface area contributed by atoms with Crippen molar-refractivity contribution in [2.75, 3.05) is 13.2 Å². The van der Waals surface area contributed by atoms with E-state index in [2.05, 4.69) is 10.6 Å². The number of halogens is 1. The van der Waals surface area contributed by atoms with Gasteiger partial charge in [0.1, 0.15) is 0 Å². The first-order chi connectivity index (χ1) is 12.1. The van der Waals surface area contributed by atoms with Crippen molar-refractivity contribution in [1.29, 1.82) is 0 Å². The van der Waals surface area contributed by atoms with E-state index in [1.54, 1.807) is 35.0 Å². The second kappa shape index (κ2) is 9.80. The van der Waals surface area contributed by atoms with Crippen molar-refractivity contribution in [3.8, 4) is 0 Å². The Hall–Kier alpha value is -2.38. The maximum absolute atomic E-state index is 11.7. The summed E-state index contributed by atoms with van der Waals surface area (Å²) in [6.07, 6.45) is -0.00628. The second-order valence-electron chi connectivity index (χ2n) is 5.05. The quantitative estimate of drug-likeness (QED) is 0.688. The van der Waals surface area contributed by atoms with Crippen LogP contribution < -0.4 is 10.6 Å². The van der Waals surface area contributed by atoms with Crippen LogP contribution in [0.15, 0.2) is 41.1 Å². The molecule has 0 fully saturated rings. The molecular weight excluding hydrogens is 364 g/mol. The van der Waals surface area contributed by atoms with Gasteiger partial charge in [0.2, 0.25) is 0 Å². The van der Waals surface area contributed by atoms with Gasteiger partial charge in [-0.1, -0.05) is 29.8 Å². The summed E-state index contributed by atoms with van der Waals surface area (Å²) < 4.78 is 4.86.